The van der Waals surface area contributed by atoms with Crippen molar-refractivity contribution in [2.45, 2.75) is 45.8 Å². The number of hydrogen-bond acceptors (Lipinski definition) is 4. The Balaban J connectivity index is 4.20. The topological polar surface area (TPSA) is 98.6 Å². The van der Waals surface area contributed by atoms with Gasteiger partial charge in [0.1, 0.15) is 6.10 Å². The molecule has 5 N–H and O–H groups in total. The van der Waals surface area contributed by atoms with Gasteiger partial charge in [0.05, 0.1) is 6.61 Å². The summed E-state index contributed by atoms with van der Waals surface area (Å²) < 4.78 is 5.01. The number of aliphatic hydroxyl groups is 1. The summed E-state index contributed by atoms with van der Waals surface area (Å²) in [6.45, 7) is 5.83. The monoisotopic (exact) mass is 218 g/mol. The molecule has 15 heavy (non-hydrogen) atoms. The Labute approximate surface area is 90.8 Å². The summed E-state index contributed by atoms with van der Waals surface area (Å²) in [7, 11) is 0. The Morgan fingerprint density at radius 1 is 1.40 bits per heavy atom. The second-order valence-corrected chi connectivity index (χ2v) is 4.81. The average Bonchev–Trinajstić information content (AvgIpc) is 2.09. The summed E-state index contributed by atoms with van der Waals surface area (Å²) in [6.07, 6.45) is 0.167. The highest BCUT2D eigenvalue weighted by atomic mass is 16.6. The molecule has 90 valence electrons. The zero-order chi connectivity index (χ0) is 12.1. The van der Waals surface area contributed by atoms with Crippen LogP contribution in [0.15, 0.2) is 0 Å². The molecule has 0 rings (SSSR count). The summed E-state index contributed by atoms with van der Waals surface area (Å²) in [4.78, 5) is 10.7. The number of ether oxygens (including phenoxy) is 1. The van der Waals surface area contributed by atoms with E-state index in [4.69, 9.17) is 21.3 Å². The normalized spacial score (nSPS) is 15.8. The predicted octanol–water partition coefficient (Wildman–Crippen LogP) is 0.596. The molecule has 0 saturated carbocycles. The number of aliphatic hydroxyl groups excluding tert-OH is 1. The lowest BCUT2D eigenvalue weighted by Crippen LogP contribution is -2.36. The molecule has 2 atom stereocenters. The van der Waals surface area contributed by atoms with Crippen LogP contribution in [0.1, 0.15) is 33.6 Å². The van der Waals surface area contributed by atoms with E-state index in [1.54, 1.807) is 0 Å². The average molecular weight is 218 g/mol. The van der Waals surface area contributed by atoms with Crippen LogP contribution in [-0.4, -0.2) is 30.0 Å². The molecule has 0 aliphatic heterocycles. The van der Waals surface area contributed by atoms with Crippen LogP contribution in [0.25, 0.3) is 0 Å². The molecule has 0 bridgehead atoms. The lowest BCUT2D eigenvalue weighted by Gasteiger charge is -2.30. The smallest absolute Gasteiger partial charge is 0.404 e. The van der Waals surface area contributed by atoms with Crippen LogP contribution in [-0.2, 0) is 4.74 Å². The number of amides is 1. The fourth-order valence-electron chi connectivity index (χ4n) is 1.27. The number of rotatable bonds is 5. The van der Waals surface area contributed by atoms with Crippen LogP contribution in [0, 0.1) is 5.41 Å². The SMILES string of the molecule is CC(C)(C)C(CC[C@H](N)CO)OC(N)=O. The molecule has 0 radical (unpaired) electrons. The number of carbonyl (C=O) groups is 1. The van der Waals surface area contributed by atoms with Crippen molar-refractivity contribution in [3.05, 3.63) is 0 Å². The van der Waals surface area contributed by atoms with Crippen molar-refractivity contribution in [1.82, 2.24) is 0 Å². The third-order valence-electron chi connectivity index (χ3n) is 2.26. The first-order valence-electron chi connectivity index (χ1n) is 5.10. The van der Waals surface area contributed by atoms with E-state index in [9.17, 15) is 4.79 Å². The van der Waals surface area contributed by atoms with E-state index in [1.807, 2.05) is 20.8 Å². The fraction of sp³-hybridized carbons (Fsp3) is 0.900. The van der Waals surface area contributed by atoms with Crippen molar-refractivity contribution >= 4 is 6.09 Å². The van der Waals surface area contributed by atoms with Crippen LogP contribution in [0.3, 0.4) is 0 Å². The minimum absolute atomic E-state index is 0.0621. The van der Waals surface area contributed by atoms with Gasteiger partial charge in [0, 0.05) is 6.04 Å². The lowest BCUT2D eigenvalue weighted by molar-refractivity contribution is 0.0280. The van der Waals surface area contributed by atoms with E-state index in [1.165, 1.54) is 0 Å². The van der Waals surface area contributed by atoms with E-state index < -0.39 is 6.09 Å². The molecule has 0 aromatic carbocycles. The maximum atomic E-state index is 10.7. The quantitative estimate of drug-likeness (QED) is 0.629. The van der Waals surface area contributed by atoms with E-state index in [0.29, 0.717) is 12.8 Å². The molecule has 0 aliphatic carbocycles. The summed E-state index contributed by atoms with van der Waals surface area (Å²) in [5.41, 5.74) is 10.4. The Hall–Kier alpha value is -0.810. The molecule has 1 amide bonds. The molecule has 0 spiro atoms. The van der Waals surface area contributed by atoms with Gasteiger partial charge in [0.2, 0.25) is 0 Å². The van der Waals surface area contributed by atoms with Crippen molar-refractivity contribution in [1.29, 1.82) is 0 Å². The second-order valence-electron chi connectivity index (χ2n) is 4.81. The van der Waals surface area contributed by atoms with Crippen LogP contribution >= 0.6 is 0 Å². The summed E-state index contributed by atoms with van der Waals surface area (Å²) in [6, 6.07) is -0.272. The van der Waals surface area contributed by atoms with E-state index in [2.05, 4.69) is 0 Å². The van der Waals surface area contributed by atoms with Gasteiger partial charge in [-0.3, -0.25) is 0 Å². The van der Waals surface area contributed by atoms with E-state index in [0.717, 1.165) is 0 Å². The summed E-state index contributed by atoms with van der Waals surface area (Å²) in [5, 5.41) is 8.77. The Morgan fingerprint density at radius 2 is 1.93 bits per heavy atom. The van der Waals surface area contributed by atoms with Gasteiger partial charge in [-0.2, -0.15) is 0 Å². The van der Waals surface area contributed by atoms with Crippen molar-refractivity contribution < 1.29 is 14.6 Å². The van der Waals surface area contributed by atoms with Gasteiger partial charge in [-0.1, -0.05) is 20.8 Å². The van der Waals surface area contributed by atoms with Gasteiger partial charge in [-0.15, -0.1) is 0 Å². The molecule has 0 aromatic heterocycles. The Morgan fingerprint density at radius 3 is 2.27 bits per heavy atom. The van der Waals surface area contributed by atoms with Crippen molar-refractivity contribution in [3.63, 3.8) is 0 Å². The fourth-order valence-corrected chi connectivity index (χ4v) is 1.27. The first kappa shape index (κ1) is 14.2. The third-order valence-corrected chi connectivity index (χ3v) is 2.26. The Bertz CT molecular complexity index is 201. The number of hydrogen-bond donors (Lipinski definition) is 3. The summed E-state index contributed by atoms with van der Waals surface area (Å²) in [5.74, 6) is 0. The first-order chi connectivity index (χ1) is 6.77. The number of carbonyl (C=O) groups excluding carboxylic acids is 1. The minimum atomic E-state index is -0.771. The largest absolute Gasteiger partial charge is 0.446 e. The maximum absolute atomic E-state index is 10.7. The molecule has 0 aromatic rings. The van der Waals surface area contributed by atoms with Gasteiger partial charge in [-0.05, 0) is 18.3 Å². The maximum Gasteiger partial charge on any atom is 0.404 e. The van der Waals surface area contributed by atoms with Gasteiger partial charge in [-0.25, -0.2) is 4.79 Å². The van der Waals surface area contributed by atoms with E-state index in [-0.39, 0.29) is 24.2 Å². The highest BCUT2D eigenvalue weighted by Gasteiger charge is 2.27. The highest BCUT2D eigenvalue weighted by Crippen LogP contribution is 2.26. The van der Waals surface area contributed by atoms with Gasteiger partial charge >= 0.3 is 6.09 Å². The molecule has 0 fully saturated rings. The number of nitrogens with two attached hydrogens (primary N) is 2. The molecular formula is C10H22N2O3. The first-order valence-corrected chi connectivity index (χ1v) is 5.10. The summed E-state index contributed by atoms with van der Waals surface area (Å²) >= 11 is 0. The highest BCUT2D eigenvalue weighted by molar-refractivity contribution is 5.64. The molecule has 5 heteroatoms. The molecule has 0 saturated heterocycles. The minimum Gasteiger partial charge on any atom is -0.446 e. The zero-order valence-corrected chi connectivity index (χ0v) is 9.69. The van der Waals surface area contributed by atoms with Crippen LogP contribution in [0.2, 0.25) is 0 Å². The molecule has 0 heterocycles. The second kappa shape index (κ2) is 5.92. The standard InChI is InChI=1S/C10H22N2O3/c1-10(2,3)8(15-9(12)14)5-4-7(11)6-13/h7-8,13H,4-6,11H2,1-3H3,(H2,12,14)/t7-,8?/m0/s1. The van der Waals surface area contributed by atoms with Crippen molar-refractivity contribution in [2.24, 2.45) is 16.9 Å². The van der Waals surface area contributed by atoms with Gasteiger partial charge < -0.3 is 21.3 Å². The van der Waals surface area contributed by atoms with Crippen LogP contribution in [0.4, 0.5) is 4.79 Å². The molecule has 5 nitrogen and oxygen atoms in total. The van der Waals surface area contributed by atoms with Crippen molar-refractivity contribution in [2.75, 3.05) is 6.61 Å². The van der Waals surface area contributed by atoms with E-state index >= 15 is 0 Å². The van der Waals surface area contributed by atoms with Crippen LogP contribution in [0.5, 0.6) is 0 Å². The third kappa shape index (κ3) is 6.30. The van der Waals surface area contributed by atoms with Crippen molar-refractivity contribution in [3.8, 4) is 0 Å². The molecule has 1 unspecified atom stereocenters. The van der Waals surface area contributed by atoms with Gasteiger partial charge in [0.15, 0.2) is 0 Å². The molecule has 0 aliphatic rings. The predicted molar refractivity (Wildman–Crippen MR) is 58.2 cm³/mol. The van der Waals surface area contributed by atoms with Crippen LogP contribution < -0.4 is 11.5 Å². The number of primary amides is 1. The van der Waals surface area contributed by atoms with Gasteiger partial charge in [0.25, 0.3) is 0 Å². The zero-order valence-electron chi connectivity index (χ0n) is 9.69. The molecular weight excluding hydrogens is 196 g/mol. The lowest BCUT2D eigenvalue weighted by atomic mass is 9.85. The Kier molecular flexibility index (Phi) is 5.60.